The Kier molecular flexibility index (Phi) is 11.0. The Labute approximate surface area is 132 Å². The first kappa shape index (κ1) is 19.5. The molecule has 2 amide bonds. The minimum Gasteiger partial charge on any atom is -0.354 e. The Balaban J connectivity index is 0.00000361. The van der Waals surface area contributed by atoms with E-state index in [1.165, 1.54) is 0 Å². The molecule has 7 heteroatoms. The smallest absolute Gasteiger partial charge is 0.243 e. The number of thioether (sulfide) groups is 1. The van der Waals surface area contributed by atoms with E-state index < -0.39 is 0 Å². The largest absolute Gasteiger partial charge is 0.354 e. The topological polar surface area (TPSA) is 61.4 Å². The quantitative estimate of drug-likeness (QED) is 0.660. The Bertz CT molecular complexity index is 305. The van der Waals surface area contributed by atoms with Crippen molar-refractivity contribution in [1.82, 2.24) is 15.5 Å². The van der Waals surface area contributed by atoms with Gasteiger partial charge in [-0.3, -0.25) is 9.59 Å². The second-order valence-corrected chi connectivity index (χ2v) is 5.73. The molecule has 0 radical (unpaired) electrons. The number of halogens is 1. The van der Waals surface area contributed by atoms with E-state index in [2.05, 4.69) is 17.6 Å². The standard InChI is InChI=1S/C13H25N3O2S.ClH/c1-3-4-6-12(17)16-10-19-9-11(16)13(18)15-8-5-7-14-2;/h11,14H,3-10H2,1-2H3,(H,15,18);1H. The summed E-state index contributed by atoms with van der Waals surface area (Å²) in [6.45, 7) is 3.62. The fourth-order valence-corrected chi connectivity index (χ4v) is 3.15. The van der Waals surface area contributed by atoms with E-state index in [0.29, 0.717) is 18.8 Å². The fourth-order valence-electron chi connectivity index (χ4n) is 1.97. The average Bonchev–Trinajstić information content (AvgIpc) is 2.90. The van der Waals surface area contributed by atoms with Crippen LogP contribution in [0.25, 0.3) is 0 Å². The number of hydrogen-bond acceptors (Lipinski definition) is 4. The molecule has 1 aliphatic rings. The number of hydrogen-bond donors (Lipinski definition) is 2. The molecule has 20 heavy (non-hydrogen) atoms. The van der Waals surface area contributed by atoms with Gasteiger partial charge in [0.25, 0.3) is 0 Å². The highest BCUT2D eigenvalue weighted by Gasteiger charge is 2.33. The molecule has 0 aromatic rings. The Hall–Kier alpha value is -0.460. The third-order valence-corrected chi connectivity index (χ3v) is 4.16. The number of nitrogens with one attached hydrogen (secondary N) is 2. The zero-order valence-electron chi connectivity index (χ0n) is 12.3. The van der Waals surface area contributed by atoms with Crippen molar-refractivity contribution in [2.45, 2.75) is 38.6 Å². The molecule has 1 heterocycles. The number of amides is 2. The van der Waals surface area contributed by atoms with Crippen LogP contribution in [0.2, 0.25) is 0 Å². The van der Waals surface area contributed by atoms with Gasteiger partial charge in [-0.25, -0.2) is 0 Å². The molecule has 1 rings (SSSR count). The van der Waals surface area contributed by atoms with Gasteiger partial charge in [0, 0.05) is 18.7 Å². The summed E-state index contributed by atoms with van der Waals surface area (Å²) in [5, 5.41) is 5.96. The summed E-state index contributed by atoms with van der Waals surface area (Å²) in [4.78, 5) is 25.8. The number of carbonyl (C=O) groups is 2. The molecule has 0 aromatic heterocycles. The van der Waals surface area contributed by atoms with Gasteiger partial charge in [-0.1, -0.05) is 13.3 Å². The SMILES string of the molecule is CCCCC(=O)N1CSCC1C(=O)NCCCNC.Cl. The van der Waals surface area contributed by atoms with E-state index >= 15 is 0 Å². The lowest BCUT2D eigenvalue weighted by molar-refractivity contribution is -0.138. The predicted octanol–water partition coefficient (Wildman–Crippen LogP) is 1.23. The first-order valence-corrected chi connectivity index (χ1v) is 8.15. The van der Waals surface area contributed by atoms with Crippen molar-refractivity contribution in [1.29, 1.82) is 0 Å². The number of carbonyl (C=O) groups excluding carboxylic acids is 2. The lowest BCUT2D eigenvalue weighted by Gasteiger charge is -2.23. The monoisotopic (exact) mass is 323 g/mol. The number of nitrogens with zero attached hydrogens (tertiary/aromatic N) is 1. The Morgan fingerprint density at radius 3 is 2.70 bits per heavy atom. The van der Waals surface area contributed by atoms with Crippen LogP contribution in [0, 0.1) is 0 Å². The molecule has 5 nitrogen and oxygen atoms in total. The van der Waals surface area contributed by atoms with Crippen LogP contribution in [0.3, 0.4) is 0 Å². The van der Waals surface area contributed by atoms with Crippen molar-refractivity contribution in [3.05, 3.63) is 0 Å². The van der Waals surface area contributed by atoms with E-state index in [0.717, 1.165) is 31.6 Å². The van der Waals surface area contributed by atoms with Crippen LogP contribution in [-0.4, -0.2) is 54.5 Å². The minimum absolute atomic E-state index is 0. The second kappa shape index (κ2) is 11.2. The molecule has 1 fully saturated rings. The molecule has 0 spiro atoms. The summed E-state index contributed by atoms with van der Waals surface area (Å²) >= 11 is 1.66. The van der Waals surface area contributed by atoms with Crippen molar-refractivity contribution in [2.24, 2.45) is 0 Å². The Morgan fingerprint density at radius 2 is 2.05 bits per heavy atom. The zero-order valence-corrected chi connectivity index (χ0v) is 13.9. The molecule has 1 atom stereocenters. The molecule has 2 N–H and O–H groups in total. The molecule has 1 saturated heterocycles. The van der Waals surface area contributed by atoms with Crippen LogP contribution in [0.4, 0.5) is 0 Å². The highest BCUT2D eigenvalue weighted by atomic mass is 35.5. The number of unbranched alkanes of at least 4 members (excludes halogenated alkanes) is 1. The van der Waals surface area contributed by atoms with Gasteiger partial charge in [0.2, 0.25) is 11.8 Å². The van der Waals surface area contributed by atoms with Crippen molar-refractivity contribution in [3.63, 3.8) is 0 Å². The third-order valence-electron chi connectivity index (χ3n) is 3.15. The van der Waals surface area contributed by atoms with Crippen LogP contribution < -0.4 is 10.6 Å². The fraction of sp³-hybridized carbons (Fsp3) is 0.846. The third kappa shape index (κ3) is 6.33. The van der Waals surface area contributed by atoms with Crippen LogP contribution in [0.5, 0.6) is 0 Å². The average molecular weight is 324 g/mol. The van der Waals surface area contributed by atoms with Crippen LogP contribution in [-0.2, 0) is 9.59 Å². The highest BCUT2D eigenvalue weighted by Crippen LogP contribution is 2.22. The molecule has 1 aliphatic heterocycles. The maximum atomic E-state index is 12.1. The normalized spacial score (nSPS) is 17.7. The molecular weight excluding hydrogens is 298 g/mol. The molecule has 0 saturated carbocycles. The molecule has 0 aromatic carbocycles. The summed E-state index contributed by atoms with van der Waals surface area (Å²) in [5.74, 6) is 1.47. The van der Waals surface area contributed by atoms with Gasteiger partial charge < -0.3 is 15.5 Å². The molecule has 118 valence electrons. The van der Waals surface area contributed by atoms with Crippen LogP contribution >= 0.6 is 24.2 Å². The van der Waals surface area contributed by atoms with Crippen molar-refractivity contribution in [2.75, 3.05) is 31.8 Å². The van der Waals surface area contributed by atoms with Gasteiger partial charge in [0.1, 0.15) is 6.04 Å². The lowest BCUT2D eigenvalue weighted by Crippen LogP contribution is -2.47. The Morgan fingerprint density at radius 1 is 1.30 bits per heavy atom. The summed E-state index contributed by atoms with van der Waals surface area (Å²) in [6.07, 6.45) is 3.37. The van der Waals surface area contributed by atoms with E-state index in [-0.39, 0.29) is 30.3 Å². The number of rotatable bonds is 8. The van der Waals surface area contributed by atoms with E-state index in [4.69, 9.17) is 0 Å². The van der Waals surface area contributed by atoms with E-state index in [1.54, 1.807) is 16.7 Å². The van der Waals surface area contributed by atoms with Gasteiger partial charge in [-0.05, 0) is 26.4 Å². The molecule has 1 unspecified atom stereocenters. The van der Waals surface area contributed by atoms with Crippen molar-refractivity contribution in [3.8, 4) is 0 Å². The van der Waals surface area contributed by atoms with Gasteiger partial charge in [-0.2, -0.15) is 0 Å². The van der Waals surface area contributed by atoms with E-state index in [1.807, 2.05) is 7.05 Å². The first-order valence-electron chi connectivity index (χ1n) is 7.00. The second-order valence-electron chi connectivity index (χ2n) is 4.73. The van der Waals surface area contributed by atoms with Gasteiger partial charge in [-0.15, -0.1) is 24.2 Å². The van der Waals surface area contributed by atoms with Gasteiger partial charge >= 0.3 is 0 Å². The van der Waals surface area contributed by atoms with Crippen molar-refractivity contribution >= 4 is 36.0 Å². The summed E-state index contributed by atoms with van der Waals surface area (Å²) in [5.41, 5.74) is 0. The summed E-state index contributed by atoms with van der Waals surface area (Å²) in [6, 6.07) is -0.274. The maximum absolute atomic E-state index is 12.1. The van der Waals surface area contributed by atoms with Gasteiger partial charge in [0.15, 0.2) is 0 Å². The summed E-state index contributed by atoms with van der Waals surface area (Å²) in [7, 11) is 1.89. The first-order chi connectivity index (χ1) is 9.20. The van der Waals surface area contributed by atoms with Crippen LogP contribution in [0.15, 0.2) is 0 Å². The molecular formula is C13H26ClN3O2S. The van der Waals surface area contributed by atoms with Crippen molar-refractivity contribution < 1.29 is 9.59 Å². The lowest BCUT2D eigenvalue weighted by atomic mass is 10.2. The minimum atomic E-state index is -0.274. The van der Waals surface area contributed by atoms with E-state index in [9.17, 15) is 9.59 Å². The molecule has 0 bridgehead atoms. The summed E-state index contributed by atoms with van der Waals surface area (Å²) < 4.78 is 0. The van der Waals surface area contributed by atoms with Gasteiger partial charge in [0.05, 0.1) is 5.88 Å². The zero-order chi connectivity index (χ0) is 14.1. The molecule has 0 aliphatic carbocycles. The maximum Gasteiger partial charge on any atom is 0.243 e. The predicted molar refractivity (Wildman–Crippen MR) is 86.3 cm³/mol. The highest BCUT2D eigenvalue weighted by molar-refractivity contribution is 7.99. The van der Waals surface area contributed by atoms with Crippen LogP contribution in [0.1, 0.15) is 32.6 Å².